The third kappa shape index (κ3) is 3.01. The summed E-state index contributed by atoms with van der Waals surface area (Å²) in [6, 6.07) is 6.41. The van der Waals surface area contributed by atoms with Crippen molar-refractivity contribution >= 4 is 16.8 Å². The molecule has 2 aliphatic carbocycles. The van der Waals surface area contributed by atoms with E-state index in [1.807, 2.05) is 6.07 Å². The molecule has 0 radical (unpaired) electrons. The van der Waals surface area contributed by atoms with Crippen molar-refractivity contribution in [2.45, 2.75) is 57.9 Å². The van der Waals surface area contributed by atoms with E-state index in [1.165, 1.54) is 12.8 Å². The Morgan fingerprint density at radius 2 is 2.04 bits per heavy atom. The number of hydrogen-bond acceptors (Lipinski definition) is 3. The van der Waals surface area contributed by atoms with Gasteiger partial charge >= 0.3 is 0 Å². The van der Waals surface area contributed by atoms with Gasteiger partial charge in [0.2, 0.25) is 0 Å². The second kappa shape index (κ2) is 6.19. The molecule has 0 aliphatic heterocycles. The van der Waals surface area contributed by atoms with Gasteiger partial charge < -0.3 is 10.3 Å². The highest BCUT2D eigenvalue weighted by Crippen LogP contribution is 2.40. The maximum atomic E-state index is 13.2. The van der Waals surface area contributed by atoms with Crippen LogP contribution in [-0.2, 0) is 12.8 Å². The van der Waals surface area contributed by atoms with Gasteiger partial charge in [0.25, 0.3) is 5.91 Å². The summed E-state index contributed by atoms with van der Waals surface area (Å²) in [4.78, 5) is 25.7. The zero-order valence-corrected chi connectivity index (χ0v) is 15.8. The lowest BCUT2D eigenvalue weighted by atomic mass is 9.95. The lowest BCUT2D eigenvalue weighted by Crippen LogP contribution is -2.39. The normalized spacial score (nSPS) is 19.1. The fourth-order valence-electron chi connectivity index (χ4n) is 4.26. The number of H-pyrrole nitrogens is 1. The average Bonchev–Trinajstić information content (AvgIpc) is 3.39. The fourth-order valence-corrected chi connectivity index (χ4v) is 4.26. The standard InChI is InChI=1S/C22H24N4O/c1-12-7-13(2)21-16(8-12)17(10-19(26-21)14-3-4-14)22(27)25-15-5-6-18-20(9-15)24-11-23-18/h7-8,10-11,14-15H,3-6,9H2,1-2H3,(H,23,24)(H,25,27). The molecule has 1 amide bonds. The molecule has 2 N–H and O–H groups in total. The van der Waals surface area contributed by atoms with Crippen LogP contribution in [-0.4, -0.2) is 26.9 Å². The molecule has 5 heteroatoms. The van der Waals surface area contributed by atoms with Crippen molar-refractivity contribution in [3.8, 4) is 0 Å². The number of rotatable bonds is 3. The number of fused-ring (bicyclic) bond motifs is 2. The smallest absolute Gasteiger partial charge is 0.252 e. The molecule has 0 bridgehead atoms. The minimum atomic E-state index is 0.0160. The molecule has 5 nitrogen and oxygen atoms in total. The van der Waals surface area contributed by atoms with E-state index in [9.17, 15) is 4.79 Å². The summed E-state index contributed by atoms with van der Waals surface area (Å²) < 4.78 is 0. The number of aryl methyl sites for hydroxylation is 3. The van der Waals surface area contributed by atoms with Crippen LogP contribution in [0.2, 0.25) is 0 Å². The van der Waals surface area contributed by atoms with E-state index in [2.05, 4.69) is 41.3 Å². The molecule has 2 heterocycles. The van der Waals surface area contributed by atoms with E-state index in [4.69, 9.17) is 4.98 Å². The number of carbonyl (C=O) groups excluding carboxylic acids is 1. The lowest BCUT2D eigenvalue weighted by molar-refractivity contribution is 0.0935. The first-order valence-corrected chi connectivity index (χ1v) is 9.82. The van der Waals surface area contributed by atoms with Crippen LogP contribution in [0, 0.1) is 13.8 Å². The van der Waals surface area contributed by atoms with Crippen molar-refractivity contribution in [1.82, 2.24) is 20.3 Å². The molecule has 138 valence electrons. The Hall–Kier alpha value is -2.69. The van der Waals surface area contributed by atoms with Crippen LogP contribution < -0.4 is 5.32 Å². The van der Waals surface area contributed by atoms with Crippen molar-refractivity contribution < 1.29 is 4.79 Å². The minimum Gasteiger partial charge on any atom is -0.349 e. The third-order valence-electron chi connectivity index (χ3n) is 5.83. The van der Waals surface area contributed by atoms with Crippen LogP contribution in [0.15, 0.2) is 24.5 Å². The Labute approximate surface area is 158 Å². The van der Waals surface area contributed by atoms with Crippen LogP contribution >= 0.6 is 0 Å². The van der Waals surface area contributed by atoms with Crippen molar-refractivity contribution in [2.75, 3.05) is 0 Å². The number of nitrogens with zero attached hydrogens (tertiary/aromatic N) is 2. The summed E-state index contributed by atoms with van der Waals surface area (Å²) in [6.07, 6.45) is 6.76. The average molecular weight is 360 g/mol. The van der Waals surface area contributed by atoms with Crippen molar-refractivity contribution in [3.05, 3.63) is 58.3 Å². The quantitative estimate of drug-likeness (QED) is 0.747. The molecule has 0 saturated heterocycles. The second-order valence-electron chi connectivity index (χ2n) is 8.09. The van der Waals surface area contributed by atoms with E-state index < -0.39 is 0 Å². The van der Waals surface area contributed by atoms with Crippen LogP contribution in [0.25, 0.3) is 10.9 Å². The molecule has 27 heavy (non-hydrogen) atoms. The molecule has 1 aromatic carbocycles. The Bertz CT molecular complexity index is 1050. The van der Waals surface area contributed by atoms with Crippen LogP contribution in [0.1, 0.15) is 63.7 Å². The molecule has 0 spiro atoms. The summed E-state index contributed by atoms with van der Waals surface area (Å²) in [6.45, 7) is 4.16. The Morgan fingerprint density at radius 1 is 1.19 bits per heavy atom. The second-order valence-corrected chi connectivity index (χ2v) is 8.09. The fraction of sp³-hybridized carbons (Fsp3) is 0.409. The van der Waals surface area contributed by atoms with Gasteiger partial charge in [0.1, 0.15) is 0 Å². The first-order chi connectivity index (χ1) is 13.1. The molecule has 1 atom stereocenters. The van der Waals surface area contributed by atoms with Crippen molar-refractivity contribution in [3.63, 3.8) is 0 Å². The first-order valence-electron chi connectivity index (χ1n) is 9.82. The van der Waals surface area contributed by atoms with E-state index >= 15 is 0 Å². The highest BCUT2D eigenvalue weighted by atomic mass is 16.1. The van der Waals surface area contributed by atoms with Gasteiger partial charge in [-0.15, -0.1) is 0 Å². The predicted molar refractivity (Wildman–Crippen MR) is 105 cm³/mol. The monoisotopic (exact) mass is 360 g/mol. The van der Waals surface area contributed by atoms with Gasteiger partial charge in [-0.05, 0) is 57.2 Å². The van der Waals surface area contributed by atoms with E-state index in [1.54, 1.807) is 6.33 Å². The van der Waals surface area contributed by atoms with Gasteiger partial charge in [-0.2, -0.15) is 0 Å². The van der Waals surface area contributed by atoms with Gasteiger partial charge in [-0.3, -0.25) is 9.78 Å². The number of nitrogens with one attached hydrogen (secondary N) is 2. The zero-order chi connectivity index (χ0) is 18.5. The summed E-state index contributed by atoms with van der Waals surface area (Å²) >= 11 is 0. The van der Waals surface area contributed by atoms with E-state index in [-0.39, 0.29) is 11.9 Å². The zero-order valence-electron chi connectivity index (χ0n) is 15.8. The molecule has 1 fully saturated rings. The summed E-state index contributed by atoms with van der Waals surface area (Å²) in [5.41, 5.74) is 7.39. The van der Waals surface area contributed by atoms with Crippen LogP contribution in [0.5, 0.6) is 0 Å². The summed E-state index contributed by atoms with van der Waals surface area (Å²) in [5, 5.41) is 4.23. The molecule has 3 aromatic rings. The van der Waals surface area contributed by atoms with Crippen molar-refractivity contribution in [1.29, 1.82) is 0 Å². The molecule has 1 unspecified atom stereocenters. The summed E-state index contributed by atoms with van der Waals surface area (Å²) in [7, 11) is 0. The SMILES string of the molecule is Cc1cc(C)c2nc(C3CC3)cc(C(=O)NC3CCc4nc[nH]c4C3)c2c1. The number of hydrogen-bond donors (Lipinski definition) is 2. The van der Waals surface area contributed by atoms with Gasteiger partial charge in [-0.25, -0.2) is 4.98 Å². The third-order valence-corrected chi connectivity index (χ3v) is 5.83. The van der Waals surface area contributed by atoms with Gasteiger partial charge in [0.05, 0.1) is 23.1 Å². The maximum absolute atomic E-state index is 13.2. The number of aromatic amines is 1. The number of pyridine rings is 1. The summed E-state index contributed by atoms with van der Waals surface area (Å²) in [5.74, 6) is 0.533. The highest BCUT2D eigenvalue weighted by Gasteiger charge is 2.28. The van der Waals surface area contributed by atoms with Gasteiger partial charge in [-0.1, -0.05) is 11.6 Å². The first kappa shape index (κ1) is 16.5. The number of amides is 1. The van der Waals surface area contributed by atoms with Gasteiger partial charge in [0.15, 0.2) is 0 Å². The molecule has 2 aliphatic rings. The minimum absolute atomic E-state index is 0.0160. The van der Waals surface area contributed by atoms with Crippen LogP contribution in [0.3, 0.4) is 0 Å². The molecular weight excluding hydrogens is 336 g/mol. The van der Waals surface area contributed by atoms with E-state index in [0.717, 1.165) is 63.9 Å². The largest absolute Gasteiger partial charge is 0.349 e. The number of imidazole rings is 1. The molecular formula is C22H24N4O. The highest BCUT2D eigenvalue weighted by molar-refractivity contribution is 6.07. The Kier molecular flexibility index (Phi) is 3.78. The van der Waals surface area contributed by atoms with E-state index in [0.29, 0.717) is 5.92 Å². The number of aromatic nitrogens is 3. The van der Waals surface area contributed by atoms with Crippen molar-refractivity contribution in [2.24, 2.45) is 0 Å². The number of carbonyl (C=O) groups is 1. The number of benzene rings is 1. The van der Waals surface area contributed by atoms with Crippen LogP contribution in [0.4, 0.5) is 0 Å². The topological polar surface area (TPSA) is 70.7 Å². The molecule has 5 rings (SSSR count). The molecule has 2 aromatic heterocycles. The Morgan fingerprint density at radius 3 is 2.85 bits per heavy atom. The maximum Gasteiger partial charge on any atom is 0.252 e. The Balaban J connectivity index is 1.50. The van der Waals surface area contributed by atoms with Gasteiger partial charge in [0, 0.05) is 35.2 Å². The predicted octanol–water partition coefficient (Wildman–Crippen LogP) is 3.74. The molecule has 1 saturated carbocycles. The lowest BCUT2D eigenvalue weighted by Gasteiger charge is -2.23.